The van der Waals surface area contributed by atoms with E-state index in [1.54, 1.807) is 24.7 Å². The van der Waals surface area contributed by atoms with Gasteiger partial charge in [-0.25, -0.2) is 0 Å². The third-order valence-corrected chi connectivity index (χ3v) is 14.0. The van der Waals surface area contributed by atoms with E-state index >= 15 is 0 Å². The van der Waals surface area contributed by atoms with Crippen LogP contribution in [-0.4, -0.2) is 58.5 Å². The number of ketones is 2. The van der Waals surface area contributed by atoms with Gasteiger partial charge in [0.25, 0.3) is 0 Å². The van der Waals surface area contributed by atoms with Crippen molar-refractivity contribution >= 4 is 41.6 Å². The van der Waals surface area contributed by atoms with Crippen LogP contribution in [0.4, 0.5) is 5.69 Å². The molecule has 0 saturated heterocycles. The van der Waals surface area contributed by atoms with Crippen molar-refractivity contribution in [3.8, 4) is 0 Å². The van der Waals surface area contributed by atoms with Crippen molar-refractivity contribution in [1.82, 2.24) is 34.7 Å². The van der Waals surface area contributed by atoms with Gasteiger partial charge in [0.2, 0.25) is 0 Å². The van der Waals surface area contributed by atoms with Crippen molar-refractivity contribution in [3.63, 3.8) is 0 Å². The molecule has 3 aliphatic carbocycles. The number of nitrogens with zero attached hydrogens (tertiary/aromatic N) is 8. The summed E-state index contributed by atoms with van der Waals surface area (Å²) in [6, 6.07) is 12.2. The largest absolute Gasteiger partial charge is 0.460 e. The van der Waals surface area contributed by atoms with Crippen LogP contribution in [0.5, 0.6) is 0 Å². The molecular formula is C67H86N8O4. The smallest absolute Gasteiger partial charge is 0.312 e. The van der Waals surface area contributed by atoms with Gasteiger partial charge in [-0.15, -0.1) is 0 Å². The maximum Gasteiger partial charge on any atom is 0.312 e. The van der Waals surface area contributed by atoms with Gasteiger partial charge in [0.1, 0.15) is 12.4 Å². The molecule has 0 bridgehead atoms. The molecule has 0 aromatic carbocycles. The third-order valence-electron chi connectivity index (χ3n) is 14.0. The second-order valence-corrected chi connectivity index (χ2v) is 26.9. The predicted molar refractivity (Wildman–Crippen MR) is 320 cm³/mol. The molecule has 0 amide bonds. The standard InChI is InChI=1S/C13H15NO.C12H15NO2.C12H15NO.C12H15N.C11H14N2.C7H12N2/c1-13(2,3)11-6-7-14-12-8-9(15)4-5-10(11)12;1-12(2,3)9-4-5-13-10-6-11(14)15-7-8(9)10;1-12(2,3)10-4-5-13-11-7-8(14)6-9(10)11;1-12(2,3)10-7-8-13-11-6-4-5-9(10)11;1-11(2,3)8-4-6-12-9-5-7-13-10(8)9;1-7(2,3)9-6-4-5-8-9/h4-7H,8H2,1-3H3;4-5H,6-7H2,1-3H3;4-5H,6-7H2,1-3H3;4-5,7-8H,6H2,1-3H3;4,6-7H,5H2,1-3H3;4-6H,1-3H3. The van der Waals surface area contributed by atoms with E-state index in [-0.39, 0.29) is 44.4 Å². The number of esters is 1. The lowest BCUT2D eigenvalue weighted by Crippen LogP contribution is -2.23. The Morgan fingerprint density at radius 1 is 0.456 bits per heavy atom. The van der Waals surface area contributed by atoms with Crippen LogP contribution in [0.15, 0.2) is 96.9 Å². The van der Waals surface area contributed by atoms with Crippen molar-refractivity contribution < 1.29 is 19.1 Å². The molecule has 418 valence electrons. The van der Waals surface area contributed by atoms with Gasteiger partial charge in [0.15, 0.2) is 5.78 Å². The van der Waals surface area contributed by atoms with E-state index in [1.807, 2.05) is 66.0 Å². The Kier molecular flexibility index (Phi) is 19.0. The minimum absolute atomic E-state index is 0.0662. The summed E-state index contributed by atoms with van der Waals surface area (Å²) in [5.74, 6) is 0.256. The second kappa shape index (κ2) is 24.5. The summed E-state index contributed by atoms with van der Waals surface area (Å²) in [6.45, 7) is 39.6. The van der Waals surface area contributed by atoms with Crippen LogP contribution in [0.3, 0.4) is 0 Å². The van der Waals surface area contributed by atoms with Gasteiger partial charge >= 0.3 is 5.97 Å². The molecule has 5 aliphatic rings. The lowest BCUT2D eigenvalue weighted by Gasteiger charge is -2.26. The van der Waals surface area contributed by atoms with Gasteiger partial charge < -0.3 is 4.74 Å². The summed E-state index contributed by atoms with van der Waals surface area (Å²) in [5, 5.41) is 4.10. The predicted octanol–water partition coefficient (Wildman–Crippen LogP) is 13.8. The maximum atomic E-state index is 11.3. The van der Waals surface area contributed by atoms with Gasteiger partial charge in [-0.05, 0) is 135 Å². The molecule has 79 heavy (non-hydrogen) atoms. The minimum Gasteiger partial charge on any atom is -0.460 e. The number of rotatable bonds is 0. The van der Waals surface area contributed by atoms with Crippen molar-refractivity contribution in [2.75, 3.05) is 0 Å². The van der Waals surface area contributed by atoms with E-state index in [1.165, 1.54) is 44.6 Å². The van der Waals surface area contributed by atoms with Gasteiger partial charge in [-0.2, -0.15) is 5.10 Å². The first-order valence-electron chi connectivity index (χ1n) is 27.7. The molecule has 11 rings (SSSR count). The Labute approximate surface area is 471 Å². The number of pyridine rings is 5. The van der Waals surface area contributed by atoms with Gasteiger partial charge in [0, 0.05) is 86.4 Å². The van der Waals surface area contributed by atoms with Gasteiger partial charge in [0.05, 0.1) is 52.5 Å². The number of cyclic esters (lactones) is 1. The van der Waals surface area contributed by atoms with Crippen molar-refractivity contribution in [1.29, 1.82) is 0 Å². The number of carbonyl (C=O) groups is 3. The average Bonchev–Trinajstić information content (AvgIpc) is 4.24. The van der Waals surface area contributed by atoms with Crippen molar-refractivity contribution in [3.05, 3.63) is 170 Å². The molecule has 0 atom stereocenters. The Balaban J connectivity index is 0.000000154. The fraction of sp³-hybridized carbons (Fsp3) is 0.463. The average molecular weight is 1070 g/mol. The molecule has 6 aromatic rings. The number of hydrogen-bond acceptors (Lipinski definition) is 11. The first-order valence-corrected chi connectivity index (χ1v) is 27.7. The Hall–Kier alpha value is -7.08. The molecule has 8 heterocycles. The first-order chi connectivity index (χ1) is 36.7. The third kappa shape index (κ3) is 16.3. The number of Topliss-reactive ketones (excluding diaryl/α,β-unsaturated/α-hetero) is 1. The molecule has 0 spiro atoms. The SMILES string of the molecule is CC(C)(C)c1ccnc2c1C=CC(=O)C2.CC(C)(C)c1ccnc2c1C=CC2.CC(C)(C)c1ccnc2c1CC(=O)C2.CC(C)(C)c1ccnc2c1COC(=O)C2.CC(C)(C)c1ccnc2c1N=CC2.CC(C)(C)n1cccn1. The first kappa shape index (κ1) is 61.1. The van der Waals surface area contributed by atoms with Crippen LogP contribution in [-0.2, 0) is 96.9 Å². The maximum absolute atomic E-state index is 11.3. The highest BCUT2D eigenvalue weighted by molar-refractivity contribution is 5.98. The molecule has 0 unspecified atom stereocenters. The molecule has 12 nitrogen and oxygen atoms in total. The quantitative estimate of drug-likeness (QED) is 0.134. The fourth-order valence-electron chi connectivity index (χ4n) is 9.92. The van der Waals surface area contributed by atoms with E-state index in [2.05, 4.69) is 184 Å². The molecule has 12 heteroatoms. The second-order valence-electron chi connectivity index (χ2n) is 26.9. The number of aliphatic imine (C=N–C) groups is 1. The topological polar surface area (TPSA) is 155 Å². The van der Waals surface area contributed by atoms with Gasteiger partial charge in [-0.1, -0.05) is 116 Å². The monoisotopic (exact) mass is 1070 g/mol. The van der Waals surface area contributed by atoms with Crippen LogP contribution in [0.1, 0.15) is 203 Å². The number of hydrogen-bond donors (Lipinski definition) is 0. The summed E-state index contributed by atoms with van der Waals surface area (Å²) in [5.41, 5.74) is 18.2. The number of carbonyl (C=O) groups excluding carboxylic acids is 3. The van der Waals surface area contributed by atoms with Crippen LogP contribution in [0, 0.1) is 0 Å². The highest BCUT2D eigenvalue weighted by Gasteiger charge is 2.29. The van der Waals surface area contributed by atoms with E-state index in [0.717, 1.165) is 52.4 Å². The van der Waals surface area contributed by atoms with Crippen molar-refractivity contribution in [2.45, 2.75) is 202 Å². The summed E-state index contributed by atoms with van der Waals surface area (Å²) >= 11 is 0. The molecule has 2 aliphatic heterocycles. The molecule has 6 aromatic heterocycles. The van der Waals surface area contributed by atoms with Crippen molar-refractivity contribution in [2.24, 2.45) is 4.99 Å². The van der Waals surface area contributed by atoms with Crippen LogP contribution < -0.4 is 0 Å². The molecular weight excluding hydrogens is 981 g/mol. The highest BCUT2D eigenvalue weighted by atomic mass is 16.5. The number of ether oxygens (including phenoxy) is 1. The Bertz CT molecular complexity index is 3160. The summed E-state index contributed by atoms with van der Waals surface area (Å²) < 4.78 is 7.00. The van der Waals surface area contributed by atoms with Crippen LogP contribution in [0.2, 0.25) is 0 Å². The summed E-state index contributed by atoms with van der Waals surface area (Å²) in [6.07, 6.45) is 26.6. The van der Waals surface area contributed by atoms with E-state index in [0.29, 0.717) is 38.1 Å². The normalized spacial score (nSPS) is 14.9. The number of allylic oxidation sites excluding steroid dienone is 2. The Morgan fingerprint density at radius 2 is 0.937 bits per heavy atom. The lowest BCUT2D eigenvalue weighted by atomic mass is 9.82. The van der Waals surface area contributed by atoms with E-state index < -0.39 is 0 Å². The molecule has 0 radical (unpaired) electrons. The van der Waals surface area contributed by atoms with E-state index in [9.17, 15) is 14.4 Å². The summed E-state index contributed by atoms with van der Waals surface area (Å²) in [4.78, 5) is 59.6. The molecule has 0 fully saturated rings. The lowest BCUT2D eigenvalue weighted by molar-refractivity contribution is -0.145. The zero-order valence-electron chi connectivity index (χ0n) is 50.6. The molecule has 0 saturated carbocycles. The van der Waals surface area contributed by atoms with Gasteiger partial charge in [-0.3, -0.25) is 49.0 Å². The number of aromatic nitrogens is 7. The van der Waals surface area contributed by atoms with Crippen LogP contribution in [0.25, 0.3) is 12.2 Å². The fourth-order valence-corrected chi connectivity index (χ4v) is 9.92. The summed E-state index contributed by atoms with van der Waals surface area (Å²) in [7, 11) is 0. The molecule has 0 N–H and O–H groups in total. The minimum atomic E-state index is -0.180. The van der Waals surface area contributed by atoms with E-state index in [4.69, 9.17) is 4.74 Å². The Morgan fingerprint density at radius 3 is 1.46 bits per heavy atom. The zero-order chi connectivity index (χ0) is 58.3. The van der Waals surface area contributed by atoms with Crippen LogP contribution >= 0.6 is 0 Å². The number of fused-ring (bicyclic) bond motifs is 5. The highest BCUT2D eigenvalue weighted by Crippen LogP contribution is 2.36. The zero-order valence-corrected chi connectivity index (χ0v) is 50.6.